The van der Waals surface area contributed by atoms with Gasteiger partial charge < -0.3 is 24.6 Å². The highest BCUT2D eigenvalue weighted by Gasteiger charge is 2.29. The van der Waals surface area contributed by atoms with Gasteiger partial charge in [0.05, 0.1) is 5.92 Å². The van der Waals surface area contributed by atoms with Crippen LogP contribution in [-0.4, -0.2) is 37.1 Å². The van der Waals surface area contributed by atoms with Gasteiger partial charge in [-0.05, 0) is 46.4 Å². The SMILES string of the molecule is O=C(NCC(Cc1ccc2c(c1)OCO2)C(=O)O)OCC1c2ccccc2-c2ccccc21. The number of carbonyl (C=O) groups is 2. The van der Waals surface area contributed by atoms with E-state index >= 15 is 0 Å². The van der Waals surface area contributed by atoms with Gasteiger partial charge in [0.1, 0.15) is 6.61 Å². The van der Waals surface area contributed by atoms with Crippen LogP contribution in [0.4, 0.5) is 4.79 Å². The Kier molecular flexibility index (Phi) is 5.60. The van der Waals surface area contributed by atoms with E-state index in [1.807, 2.05) is 36.4 Å². The molecule has 0 saturated carbocycles. The predicted octanol–water partition coefficient (Wildman–Crippen LogP) is 4.20. The van der Waals surface area contributed by atoms with E-state index in [4.69, 9.17) is 14.2 Å². The molecule has 1 atom stereocenters. The molecule has 0 bridgehead atoms. The quantitative estimate of drug-likeness (QED) is 0.566. The number of carbonyl (C=O) groups excluding carboxylic acids is 1. The monoisotopic (exact) mass is 445 g/mol. The number of fused-ring (bicyclic) bond motifs is 4. The van der Waals surface area contributed by atoms with Crippen molar-refractivity contribution in [1.29, 1.82) is 0 Å². The number of aliphatic carboxylic acids is 1. The van der Waals surface area contributed by atoms with E-state index in [1.165, 1.54) is 0 Å². The standard InChI is InChI=1S/C26H23NO6/c28-25(29)17(11-16-9-10-23-24(12-16)33-15-32-23)13-27-26(30)31-14-22-20-7-3-1-5-18(20)19-6-2-4-8-21(19)22/h1-10,12,17,22H,11,13-15H2,(H,27,30)(H,28,29). The van der Waals surface area contributed by atoms with Gasteiger partial charge in [0.15, 0.2) is 11.5 Å². The van der Waals surface area contributed by atoms with Crippen molar-refractivity contribution in [2.75, 3.05) is 19.9 Å². The van der Waals surface area contributed by atoms with E-state index in [2.05, 4.69) is 17.4 Å². The predicted molar refractivity (Wildman–Crippen MR) is 120 cm³/mol. The molecular weight excluding hydrogens is 422 g/mol. The van der Waals surface area contributed by atoms with Gasteiger partial charge in [-0.2, -0.15) is 0 Å². The molecule has 7 heteroatoms. The number of nitrogens with one attached hydrogen (secondary N) is 1. The summed E-state index contributed by atoms with van der Waals surface area (Å²) in [5.74, 6) is -0.604. The Morgan fingerprint density at radius 1 is 0.970 bits per heavy atom. The Bertz CT molecular complexity index is 1160. The lowest BCUT2D eigenvalue weighted by molar-refractivity contribution is -0.141. The second kappa shape index (κ2) is 8.86. The fourth-order valence-electron chi connectivity index (χ4n) is 4.46. The molecule has 1 aliphatic carbocycles. The van der Waals surface area contributed by atoms with Gasteiger partial charge in [0, 0.05) is 12.5 Å². The normalized spacial score (nSPS) is 14.3. The second-order valence-electron chi connectivity index (χ2n) is 8.13. The average molecular weight is 445 g/mol. The smallest absolute Gasteiger partial charge is 0.407 e. The summed E-state index contributed by atoms with van der Waals surface area (Å²) in [7, 11) is 0. The van der Waals surface area contributed by atoms with Crippen molar-refractivity contribution in [1.82, 2.24) is 5.32 Å². The molecule has 2 aliphatic rings. The fraction of sp³-hybridized carbons (Fsp3) is 0.231. The summed E-state index contributed by atoms with van der Waals surface area (Å²) in [4.78, 5) is 24.1. The van der Waals surface area contributed by atoms with Gasteiger partial charge in [0.25, 0.3) is 0 Å². The number of hydrogen-bond donors (Lipinski definition) is 2. The number of amides is 1. The number of hydrogen-bond acceptors (Lipinski definition) is 5. The van der Waals surface area contributed by atoms with Crippen molar-refractivity contribution in [2.45, 2.75) is 12.3 Å². The van der Waals surface area contributed by atoms with Crippen molar-refractivity contribution >= 4 is 12.1 Å². The number of carboxylic acids is 1. The van der Waals surface area contributed by atoms with Crippen LogP contribution in [0.15, 0.2) is 66.7 Å². The maximum atomic E-state index is 12.4. The molecule has 5 rings (SSSR count). The van der Waals surface area contributed by atoms with Crippen molar-refractivity contribution in [2.24, 2.45) is 5.92 Å². The maximum absolute atomic E-state index is 12.4. The molecule has 3 aromatic rings. The Hall–Kier alpha value is -4.00. The molecular formula is C26H23NO6. The molecule has 0 saturated heterocycles. The third-order valence-electron chi connectivity index (χ3n) is 6.10. The summed E-state index contributed by atoms with van der Waals surface area (Å²) in [5, 5.41) is 12.2. The molecule has 168 valence electrons. The number of ether oxygens (including phenoxy) is 3. The van der Waals surface area contributed by atoms with Gasteiger partial charge >= 0.3 is 12.1 Å². The van der Waals surface area contributed by atoms with E-state index in [0.717, 1.165) is 27.8 Å². The van der Waals surface area contributed by atoms with E-state index in [-0.39, 0.29) is 32.3 Å². The largest absolute Gasteiger partial charge is 0.481 e. The van der Waals surface area contributed by atoms with Crippen LogP contribution in [0.5, 0.6) is 11.5 Å². The summed E-state index contributed by atoms with van der Waals surface area (Å²) in [6.07, 6.45) is -0.385. The zero-order chi connectivity index (χ0) is 22.8. The van der Waals surface area contributed by atoms with Crippen LogP contribution in [0.1, 0.15) is 22.6 Å². The lowest BCUT2D eigenvalue weighted by Crippen LogP contribution is -2.35. The molecule has 0 aromatic heterocycles. The van der Waals surface area contributed by atoms with E-state index in [1.54, 1.807) is 18.2 Å². The molecule has 0 fully saturated rings. The molecule has 3 aromatic carbocycles. The van der Waals surface area contributed by atoms with Crippen LogP contribution in [-0.2, 0) is 16.0 Å². The third-order valence-corrected chi connectivity index (χ3v) is 6.10. The molecule has 1 amide bonds. The highest BCUT2D eigenvalue weighted by molar-refractivity contribution is 5.79. The molecule has 33 heavy (non-hydrogen) atoms. The van der Waals surface area contributed by atoms with Crippen LogP contribution in [0.25, 0.3) is 11.1 Å². The first-order valence-corrected chi connectivity index (χ1v) is 10.8. The first-order valence-electron chi connectivity index (χ1n) is 10.8. The fourth-order valence-corrected chi connectivity index (χ4v) is 4.46. The molecule has 1 unspecified atom stereocenters. The second-order valence-corrected chi connectivity index (χ2v) is 8.13. The molecule has 0 radical (unpaired) electrons. The van der Waals surface area contributed by atoms with Crippen LogP contribution < -0.4 is 14.8 Å². The van der Waals surface area contributed by atoms with Gasteiger partial charge in [-0.1, -0.05) is 54.6 Å². The highest BCUT2D eigenvalue weighted by atomic mass is 16.7. The van der Waals surface area contributed by atoms with Crippen molar-refractivity contribution in [3.8, 4) is 22.6 Å². The zero-order valence-corrected chi connectivity index (χ0v) is 17.8. The first kappa shape index (κ1) is 20.9. The lowest BCUT2D eigenvalue weighted by Gasteiger charge is -2.16. The summed E-state index contributed by atoms with van der Waals surface area (Å²) < 4.78 is 16.1. The zero-order valence-electron chi connectivity index (χ0n) is 17.8. The van der Waals surface area contributed by atoms with Crippen LogP contribution >= 0.6 is 0 Å². The Labute approximate surface area is 190 Å². The summed E-state index contributed by atoms with van der Waals surface area (Å²) >= 11 is 0. The third kappa shape index (κ3) is 4.22. The maximum Gasteiger partial charge on any atom is 0.407 e. The summed E-state index contributed by atoms with van der Waals surface area (Å²) in [6, 6.07) is 21.5. The van der Waals surface area contributed by atoms with Crippen molar-refractivity contribution < 1.29 is 28.9 Å². The number of benzene rings is 3. The molecule has 7 nitrogen and oxygen atoms in total. The number of rotatable bonds is 7. The van der Waals surface area contributed by atoms with E-state index in [9.17, 15) is 14.7 Å². The van der Waals surface area contributed by atoms with Gasteiger partial charge in [-0.15, -0.1) is 0 Å². The Balaban J connectivity index is 1.19. The van der Waals surface area contributed by atoms with Crippen LogP contribution in [0.3, 0.4) is 0 Å². The topological polar surface area (TPSA) is 94.1 Å². The Morgan fingerprint density at radius 2 is 1.64 bits per heavy atom. The van der Waals surface area contributed by atoms with E-state index < -0.39 is 18.0 Å². The van der Waals surface area contributed by atoms with Crippen LogP contribution in [0.2, 0.25) is 0 Å². The lowest BCUT2D eigenvalue weighted by atomic mass is 9.98. The average Bonchev–Trinajstić information content (AvgIpc) is 3.42. The molecule has 2 N–H and O–H groups in total. The minimum Gasteiger partial charge on any atom is -0.481 e. The minimum atomic E-state index is -0.994. The summed E-state index contributed by atoms with van der Waals surface area (Å²) in [5.41, 5.74) is 5.34. The van der Waals surface area contributed by atoms with Gasteiger partial charge in [0.2, 0.25) is 6.79 Å². The molecule has 1 aliphatic heterocycles. The minimum absolute atomic E-state index is 0.0412. The highest BCUT2D eigenvalue weighted by Crippen LogP contribution is 2.44. The van der Waals surface area contributed by atoms with Crippen molar-refractivity contribution in [3.05, 3.63) is 83.4 Å². The number of carboxylic acid groups (broad SMARTS) is 1. The number of alkyl carbamates (subject to hydrolysis) is 1. The molecule has 0 spiro atoms. The Morgan fingerprint density at radius 3 is 2.33 bits per heavy atom. The van der Waals surface area contributed by atoms with Gasteiger partial charge in [-0.3, -0.25) is 4.79 Å². The molecule has 1 heterocycles. The first-order chi connectivity index (χ1) is 16.1. The van der Waals surface area contributed by atoms with Crippen molar-refractivity contribution in [3.63, 3.8) is 0 Å². The van der Waals surface area contributed by atoms with Gasteiger partial charge in [-0.25, -0.2) is 4.79 Å². The summed E-state index contributed by atoms with van der Waals surface area (Å²) in [6.45, 7) is 0.296. The van der Waals surface area contributed by atoms with E-state index in [0.29, 0.717) is 11.5 Å². The van der Waals surface area contributed by atoms with Crippen LogP contribution in [0, 0.1) is 5.92 Å².